The van der Waals surface area contributed by atoms with Gasteiger partial charge in [-0.15, -0.1) is 0 Å². The summed E-state index contributed by atoms with van der Waals surface area (Å²) in [6.45, 7) is 1.08. The molecule has 0 unspecified atom stereocenters. The Hall–Kier alpha value is -0.630. The highest BCUT2D eigenvalue weighted by Gasteiger charge is 2.01. The Morgan fingerprint density at radius 3 is 2.29 bits per heavy atom. The summed E-state index contributed by atoms with van der Waals surface area (Å²) in [5, 5.41) is 0. The smallest absolute Gasteiger partial charge is 0.158 e. The normalized spacial score (nSPS) is 24.4. The van der Waals surface area contributed by atoms with E-state index in [9.17, 15) is 4.79 Å². The lowest BCUT2D eigenvalue weighted by Crippen LogP contribution is -2.09. The highest BCUT2D eigenvalue weighted by Crippen LogP contribution is 2.09. The van der Waals surface area contributed by atoms with Crippen molar-refractivity contribution >= 4 is 5.78 Å². The van der Waals surface area contributed by atoms with Gasteiger partial charge in [-0.1, -0.05) is 37.8 Å². The molecule has 0 N–H and O–H groups in total. The van der Waals surface area contributed by atoms with Crippen LogP contribution < -0.4 is 0 Å². The summed E-state index contributed by atoms with van der Waals surface area (Å²) in [6, 6.07) is 0. The van der Waals surface area contributed by atoms with Crippen molar-refractivity contribution in [3.05, 3.63) is 12.2 Å². The Labute approximate surface area is 105 Å². The number of hydrogen-bond acceptors (Lipinski definition) is 2. The number of ketones is 1. The van der Waals surface area contributed by atoms with Gasteiger partial charge in [0.25, 0.3) is 0 Å². The van der Waals surface area contributed by atoms with Crippen LogP contribution in [-0.4, -0.2) is 19.0 Å². The topological polar surface area (TPSA) is 26.3 Å². The fourth-order valence-corrected chi connectivity index (χ4v) is 2.08. The molecule has 0 aromatic rings. The molecule has 0 radical (unpaired) electrons. The van der Waals surface area contributed by atoms with Crippen molar-refractivity contribution in [2.75, 3.05) is 13.2 Å². The first-order valence-corrected chi connectivity index (χ1v) is 7.14. The molecule has 0 bridgehead atoms. The van der Waals surface area contributed by atoms with Gasteiger partial charge in [-0.2, -0.15) is 0 Å². The van der Waals surface area contributed by atoms with Gasteiger partial charge in [-0.3, -0.25) is 4.79 Å². The van der Waals surface area contributed by atoms with Crippen molar-refractivity contribution in [2.24, 2.45) is 0 Å². The SMILES string of the molecule is O=C1CCC/C=C/CCCCCCCCOC1. The first kappa shape index (κ1) is 14.4. The van der Waals surface area contributed by atoms with Crippen molar-refractivity contribution < 1.29 is 9.53 Å². The lowest BCUT2D eigenvalue weighted by Gasteiger charge is -2.04. The summed E-state index contributed by atoms with van der Waals surface area (Å²) in [6.07, 6.45) is 16.0. The van der Waals surface area contributed by atoms with Crippen LogP contribution in [0.5, 0.6) is 0 Å². The van der Waals surface area contributed by atoms with E-state index in [1.54, 1.807) is 0 Å². The van der Waals surface area contributed by atoms with Crippen molar-refractivity contribution in [3.8, 4) is 0 Å². The fraction of sp³-hybridized carbons (Fsp3) is 0.800. The number of Topliss-reactive ketones (excluding diaryl/α,β-unsaturated/α-hetero) is 1. The average Bonchev–Trinajstić information content (AvgIpc) is 2.32. The molecule has 2 heteroatoms. The molecule has 1 heterocycles. The van der Waals surface area contributed by atoms with Gasteiger partial charge >= 0.3 is 0 Å². The quantitative estimate of drug-likeness (QED) is 0.595. The van der Waals surface area contributed by atoms with Crippen molar-refractivity contribution in [1.29, 1.82) is 0 Å². The van der Waals surface area contributed by atoms with Crippen molar-refractivity contribution in [1.82, 2.24) is 0 Å². The Morgan fingerprint density at radius 1 is 0.824 bits per heavy atom. The minimum Gasteiger partial charge on any atom is -0.374 e. The summed E-state index contributed by atoms with van der Waals surface area (Å²) >= 11 is 0. The first-order chi connectivity index (χ1) is 8.39. The van der Waals surface area contributed by atoms with E-state index in [0.29, 0.717) is 13.0 Å². The molecule has 1 aliphatic heterocycles. The van der Waals surface area contributed by atoms with Gasteiger partial charge in [-0.05, 0) is 32.1 Å². The third-order valence-electron chi connectivity index (χ3n) is 3.17. The lowest BCUT2D eigenvalue weighted by atomic mass is 10.1. The van der Waals surface area contributed by atoms with E-state index in [1.165, 1.54) is 38.5 Å². The van der Waals surface area contributed by atoms with Crippen LogP contribution in [0.3, 0.4) is 0 Å². The molecule has 0 aromatic heterocycles. The zero-order chi connectivity index (χ0) is 12.2. The molecule has 0 saturated carbocycles. The molecule has 0 amide bonds. The maximum absolute atomic E-state index is 11.4. The standard InChI is InChI=1S/C15H26O2/c16-15-12-10-8-6-4-2-1-3-5-7-9-11-13-17-14-15/h4,6H,1-3,5,7-14H2/b6-4+. The summed E-state index contributed by atoms with van der Waals surface area (Å²) in [4.78, 5) is 11.4. The molecule has 1 rings (SSSR count). The molecule has 98 valence electrons. The molecule has 1 aliphatic rings. The zero-order valence-electron chi connectivity index (χ0n) is 11.0. The predicted molar refractivity (Wildman–Crippen MR) is 71.1 cm³/mol. The van der Waals surface area contributed by atoms with E-state index in [-0.39, 0.29) is 5.78 Å². The molecule has 2 nitrogen and oxygen atoms in total. The monoisotopic (exact) mass is 238 g/mol. The molecule has 0 aliphatic carbocycles. The maximum atomic E-state index is 11.4. The van der Waals surface area contributed by atoms with Gasteiger partial charge in [0.15, 0.2) is 5.78 Å². The fourth-order valence-electron chi connectivity index (χ4n) is 2.08. The summed E-state index contributed by atoms with van der Waals surface area (Å²) < 4.78 is 5.38. The van der Waals surface area contributed by atoms with E-state index in [0.717, 1.165) is 25.9 Å². The van der Waals surface area contributed by atoms with Gasteiger partial charge in [-0.25, -0.2) is 0 Å². The molecular weight excluding hydrogens is 212 g/mol. The van der Waals surface area contributed by atoms with Crippen LogP contribution >= 0.6 is 0 Å². The zero-order valence-corrected chi connectivity index (χ0v) is 11.0. The van der Waals surface area contributed by atoms with Gasteiger partial charge in [0.2, 0.25) is 0 Å². The Bertz CT molecular complexity index is 221. The van der Waals surface area contributed by atoms with Gasteiger partial charge in [0, 0.05) is 13.0 Å². The molecule has 17 heavy (non-hydrogen) atoms. The molecule has 0 spiro atoms. The van der Waals surface area contributed by atoms with Crippen LogP contribution in [0.4, 0.5) is 0 Å². The Balaban J connectivity index is 2.19. The van der Waals surface area contributed by atoms with Crippen LogP contribution in [-0.2, 0) is 9.53 Å². The highest BCUT2D eigenvalue weighted by atomic mass is 16.5. The Morgan fingerprint density at radius 2 is 1.47 bits per heavy atom. The van der Waals surface area contributed by atoms with E-state index in [1.807, 2.05) is 0 Å². The molecular formula is C15H26O2. The summed E-state index contributed by atoms with van der Waals surface area (Å²) in [7, 11) is 0. The minimum atomic E-state index is 0.255. The molecule has 0 fully saturated rings. The van der Waals surface area contributed by atoms with Crippen molar-refractivity contribution in [3.63, 3.8) is 0 Å². The first-order valence-electron chi connectivity index (χ1n) is 7.14. The van der Waals surface area contributed by atoms with E-state index in [2.05, 4.69) is 12.2 Å². The average molecular weight is 238 g/mol. The number of allylic oxidation sites excluding steroid dienone is 2. The summed E-state index contributed by atoms with van der Waals surface area (Å²) in [5.41, 5.74) is 0. The van der Waals surface area contributed by atoms with Gasteiger partial charge < -0.3 is 4.74 Å². The number of ether oxygens (including phenoxy) is 1. The van der Waals surface area contributed by atoms with Crippen LogP contribution in [0, 0.1) is 0 Å². The number of hydrogen-bond donors (Lipinski definition) is 0. The summed E-state index contributed by atoms with van der Waals surface area (Å²) in [5.74, 6) is 0.255. The van der Waals surface area contributed by atoms with Crippen LogP contribution in [0.2, 0.25) is 0 Å². The molecule has 0 atom stereocenters. The third-order valence-corrected chi connectivity index (χ3v) is 3.17. The maximum Gasteiger partial charge on any atom is 0.158 e. The van der Waals surface area contributed by atoms with Crippen LogP contribution in [0.25, 0.3) is 0 Å². The predicted octanol–water partition coefficient (Wildman–Crippen LogP) is 4.04. The van der Waals surface area contributed by atoms with Gasteiger partial charge in [0.1, 0.15) is 6.61 Å². The Kier molecular flexibility index (Phi) is 8.93. The van der Waals surface area contributed by atoms with E-state index < -0.39 is 0 Å². The van der Waals surface area contributed by atoms with Gasteiger partial charge in [0.05, 0.1) is 0 Å². The number of rotatable bonds is 0. The van der Waals surface area contributed by atoms with Crippen LogP contribution in [0.1, 0.15) is 64.2 Å². The number of carbonyl (C=O) groups is 1. The van der Waals surface area contributed by atoms with E-state index in [4.69, 9.17) is 4.74 Å². The van der Waals surface area contributed by atoms with E-state index >= 15 is 0 Å². The molecule has 0 saturated heterocycles. The third kappa shape index (κ3) is 9.11. The van der Waals surface area contributed by atoms with Crippen molar-refractivity contribution in [2.45, 2.75) is 64.2 Å². The minimum absolute atomic E-state index is 0.255. The second-order valence-corrected chi connectivity index (χ2v) is 4.86. The molecule has 0 aromatic carbocycles. The largest absolute Gasteiger partial charge is 0.374 e. The second-order valence-electron chi connectivity index (χ2n) is 4.86. The number of carbonyl (C=O) groups excluding carboxylic acids is 1. The highest BCUT2D eigenvalue weighted by molar-refractivity contribution is 5.79. The second kappa shape index (κ2) is 10.5. The van der Waals surface area contributed by atoms with Crippen LogP contribution in [0.15, 0.2) is 12.2 Å². The lowest BCUT2D eigenvalue weighted by molar-refractivity contribution is -0.123.